The zero-order valence-corrected chi connectivity index (χ0v) is 11.3. The van der Waals surface area contributed by atoms with E-state index >= 15 is 0 Å². The fraction of sp³-hybridized carbons (Fsp3) is 0.100. The lowest BCUT2D eigenvalue weighted by Crippen LogP contribution is -2.16. The van der Waals surface area contributed by atoms with Crippen molar-refractivity contribution in [1.82, 2.24) is 0 Å². The smallest absolute Gasteiger partial charge is 0.278 e. The van der Waals surface area contributed by atoms with Crippen LogP contribution < -0.4 is 10.7 Å². The predicted molar refractivity (Wildman–Crippen MR) is 66.9 cm³/mol. The first-order valence-corrected chi connectivity index (χ1v) is 7.38. The highest BCUT2D eigenvalue weighted by molar-refractivity contribution is 7.91. The third-order valence-corrected chi connectivity index (χ3v) is 5.32. The Labute approximate surface area is 108 Å². The maximum absolute atomic E-state index is 12.2. The van der Waals surface area contributed by atoms with E-state index < -0.39 is 9.84 Å². The van der Waals surface area contributed by atoms with E-state index in [9.17, 15) is 8.42 Å². The number of nitrogen functional groups attached to an aromatic ring is 1. The largest absolute Gasteiger partial charge is 0.331 e. The third-order valence-electron chi connectivity index (χ3n) is 2.21. The normalized spacial score (nSPS) is 11.6. The van der Waals surface area contributed by atoms with Gasteiger partial charge in [-0.15, -0.1) is 0 Å². The number of H-pyrrole nitrogens is 1. The molecular weight excluding hydrogens is 280 g/mol. The van der Waals surface area contributed by atoms with Gasteiger partial charge < -0.3 is 0 Å². The molecule has 17 heavy (non-hydrogen) atoms. The van der Waals surface area contributed by atoms with Gasteiger partial charge in [0.05, 0.1) is 4.90 Å². The average Bonchev–Trinajstić information content (AvgIpc) is 2.59. The predicted octanol–water partition coefficient (Wildman–Crippen LogP) is 1.94. The van der Waals surface area contributed by atoms with Gasteiger partial charge in [-0.25, -0.2) is 13.4 Å². The van der Waals surface area contributed by atoms with Crippen LogP contribution in [0.2, 0.25) is 4.34 Å². The molecule has 0 radical (unpaired) electrons. The zero-order chi connectivity index (χ0) is 12.6. The molecule has 1 aromatic carbocycles. The number of nitrogens with two attached hydrogens (primary N) is 1. The highest BCUT2D eigenvalue weighted by Gasteiger charge is 2.27. The molecule has 0 saturated carbocycles. The van der Waals surface area contributed by atoms with Crippen molar-refractivity contribution in [3.63, 3.8) is 0 Å². The van der Waals surface area contributed by atoms with Gasteiger partial charge in [-0.05, 0) is 30.4 Å². The minimum atomic E-state index is -3.62. The monoisotopic (exact) mass is 289 g/mol. The van der Waals surface area contributed by atoms with Crippen LogP contribution in [0.3, 0.4) is 0 Å². The van der Waals surface area contributed by atoms with Crippen molar-refractivity contribution in [2.24, 2.45) is 0 Å². The number of nitrogens with one attached hydrogen (secondary N) is 1. The number of hydrogen-bond acceptors (Lipinski definition) is 4. The first-order valence-electron chi connectivity index (χ1n) is 4.70. The van der Waals surface area contributed by atoms with Crippen LogP contribution in [0.5, 0.6) is 0 Å². The molecule has 2 rings (SSSR count). The van der Waals surface area contributed by atoms with Gasteiger partial charge in [0.1, 0.15) is 0 Å². The van der Waals surface area contributed by atoms with Crippen molar-refractivity contribution in [3.8, 4) is 0 Å². The summed E-state index contributed by atoms with van der Waals surface area (Å²) in [7, 11) is -3.62. The molecule has 7 heteroatoms. The fourth-order valence-corrected chi connectivity index (χ4v) is 4.13. The maximum Gasteiger partial charge on any atom is 0.331 e. The molecule has 0 amide bonds. The number of halogens is 1. The van der Waals surface area contributed by atoms with Crippen LogP contribution in [-0.4, -0.2) is 8.42 Å². The number of aromatic amines is 1. The molecule has 0 aliphatic carbocycles. The summed E-state index contributed by atoms with van der Waals surface area (Å²) in [5.74, 6) is 0. The van der Waals surface area contributed by atoms with Crippen LogP contribution >= 0.6 is 22.9 Å². The Morgan fingerprint density at radius 2 is 1.88 bits per heavy atom. The maximum atomic E-state index is 12.2. The van der Waals surface area contributed by atoms with Crippen LogP contribution in [0.15, 0.2) is 34.2 Å². The van der Waals surface area contributed by atoms with E-state index in [1.54, 1.807) is 24.3 Å². The van der Waals surface area contributed by atoms with Crippen LogP contribution in [0.4, 0.5) is 5.13 Å². The highest BCUT2D eigenvalue weighted by Crippen LogP contribution is 2.29. The Kier molecular flexibility index (Phi) is 3.11. The standard InChI is InChI=1S/C10H9ClN2O2S2/c1-6-2-4-7(5-3-6)17(14,15)9-8(11)16-10(12)13-9/h2-5H,1H3,(H2,12,13)/p+1. The number of anilines is 1. The molecule has 2 aromatic rings. The van der Waals surface area contributed by atoms with Crippen LogP contribution in [0, 0.1) is 6.92 Å². The molecule has 0 saturated heterocycles. The van der Waals surface area contributed by atoms with Crippen molar-refractivity contribution in [1.29, 1.82) is 0 Å². The molecule has 1 heterocycles. The molecule has 0 atom stereocenters. The van der Waals surface area contributed by atoms with E-state index in [2.05, 4.69) is 4.98 Å². The second kappa shape index (κ2) is 4.29. The van der Waals surface area contributed by atoms with Gasteiger partial charge in [-0.2, -0.15) is 0 Å². The molecule has 4 nitrogen and oxygen atoms in total. The first-order chi connectivity index (χ1) is 7.91. The quantitative estimate of drug-likeness (QED) is 0.918. The molecule has 0 aliphatic heterocycles. The van der Waals surface area contributed by atoms with Crippen LogP contribution in [0.1, 0.15) is 5.56 Å². The number of rotatable bonds is 2. The number of thiazole rings is 1. The average molecular weight is 290 g/mol. The molecule has 0 bridgehead atoms. The van der Waals surface area contributed by atoms with E-state index in [1.807, 2.05) is 6.92 Å². The molecule has 0 spiro atoms. The summed E-state index contributed by atoms with van der Waals surface area (Å²) in [6, 6.07) is 6.55. The Balaban J connectivity index is 2.57. The van der Waals surface area contributed by atoms with Gasteiger partial charge in [0.25, 0.3) is 5.03 Å². The summed E-state index contributed by atoms with van der Waals surface area (Å²) in [6.45, 7) is 1.89. The number of aryl methyl sites for hydroxylation is 1. The van der Waals surface area contributed by atoms with E-state index in [0.29, 0.717) is 0 Å². The fourth-order valence-electron chi connectivity index (χ4n) is 1.34. The van der Waals surface area contributed by atoms with Crippen LogP contribution in [0.25, 0.3) is 0 Å². The molecular formula is C10H10ClN2O2S2+. The summed E-state index contributed by atoms with van der Waals surface area (Å²) in [6.07, 6.45) is 0. The van der Waals surface area contributed by atoms with Gasteiger partial charge in [0.2, 0.25) is 9.84 Å². The lowest BCUT2D eigenvalue weighted by molar-refractivity contribution is -0.404. The lowest BCUT2D eigenvalue weighted by atomic mass is 10.2. The van der Waals surface area contributed by atoms with Crippen molar-refractivity contribution in [2.45, 2.75) is 16.8 Å². The summed E-state index contributed by atoms with van der Waals surface area (Å²) in [5.41, 5.74) is 6.48. The minimum Gasteiger partial charge on any atom is -0.278 e. The van der Waals surface area contributed by atoms with Crippen molar-refractivity contribution in [3.05, 3.63) is 34.2 Å². The third kappa shape index (κ3) is 2.29. The lowest BCUT2D eigenvalue weighted by Gasteiger charge is -2.00. The van der Waals surface area contributed by atoms with Gasteiger partial charge in [-0.1, -0.05) is 29.3 Å². The van der Waals surface area contributed by atoms with E-state index in [4.69, 9.17) is 17.3 Å². The molecule has 3 N–H and O–H groups in total. The highest BCUT2D eigenvalue weighted by atomic mass is 35.5. The minimum absolute atomic E-state index is 0.0504. The van der Waals surface area contributed by atoms with Crippen molar-refractivity contribution < 1.29 is 13.4 Å². The molecule has 0 aliphatic rings. The second-order valence-electron chi connectivity index (χ2n) is 3.51. The van der Waals surface area contributed by atoms with Gasteiger partial charge in [0.15, 0.2) is 4.34 Å². The second-order valence-corrected chi connectivity index (χ2v) is 7.05. The first kappa shape index (κ1) is 12.3. The number of hydrogen-bond donors (Lipinski definition) is 1. The SMILES string of the molecule is Cc1ccc(S(=O)(=O)c2[nH+]c(N)sc2Cl)cc1. The topological polar surface area (TPSA) is 74.3 Å². The van der Waals surface area contributed by atoms with E-state index in [1.165, 1.54) is 0 Å². The number of benzene rings is 1. The molecule has 0 unspecified atom stereocenters. The summed E-state index contributed by atoms with van der Waals surface area (Å²) in [5, 5.41) is 0.214. The Morgan fingerprint density at radius 1 is 1.29 bits per heavy atom. The summed E-state index contributed by atoms with van der Waals surface area (Å²) in [4.78, 5) is 2.77. The zero-order valence-electron chi connectivity index (χ0n) is 8.90. The molecule has 1 aromatic heterocycles. The van der Waals surface area contributed by atoms with Crippen molar-refractivity contribution >= 4 is 37.9 Å². The van der Waals surface area contributed by atoms with E-state index in [0.717, 1.165) is 16.9 Å². The summed E-state index contributed by atoms with van der Waals surface area (Å²) >= 11 is 6.84. The van der Waals surface area contributed by atoms with E-state index in [-0.39, 0.29) is 19.4 Å². The van der Waals surface area contributed by atoms with Gasteiger partial charge >= 0.3 is 5.13 Å². The Hall–Kier alpha value is -1.11. The van der Waals surface area contributed by atoms with Crippen molar-refractivity contribution in [2.75, 3.05) is 5.73 Å². The van der Waals surface area contributed by atoms with Crippen LogP contribution in [-0.2, 0) is 9.84 Å². The molecule has 90 valence electrons. The Bertz CT molecular complexity index is 647. The van der Waals surface area contributed by atoms with Gasteiger partial charge in [0, 0.05) is 0 Å². The Morgan fingerprint density at radius 3 is 2.35 bits per heavy atom. The van der Waals surface area contributed by atoms with Gasteiger partial charge in [-0.3, -0.25) is 5.73 Å². The molecule has 0 fully saturated rings. The summed E-state index contributed by atoms with van der Waals surface area (Å²) < 4.78 is 24.6. The number of aromatic nitrogens is 1. The number of sulfone groups is 1.